The number of ether oxygens (including phenoxy) is 1. The van der Waals surface area contributed by atoms with Crippen LogP contribution in [0.3, 0.4) is 0 Å². The monoisotopic (exact) mass is 424 g/mol. The summed E-state index contributed by atoms with van der Waals surface area (Å²) in [5, 5.41) is 5.34. The Kier molecular flexibility index (Phi) is 8.07. The van der Waals surface area contributed by atoms with E-state index in [1.807, 2.05) is 19.1 Å². The average molecular weight is 424 g/mol. The highest BCUT2D eigenvalue weighted by molar-refractivity contribution is 6.01. The van der Waals surface area contributed by atoms with Crippen molar-refractivity contribution in [2.24, 2.45) is 5.92 Å². The first-order chi connectivity index (χ1) is 14.6. The highest BCUT2D eigenvalue weighted by Crippen LogP contribution is 2.15. The Bertz CT molecular complexity index is 966. The molecule has 0 aliphatic heterocycles. The molecule has 0 fully saturated rings. The van der Waals surface area contributed by atoms with Crippen molar-refractivity contribution < 1.29 is 23.9 Å². The van der Waals surface area contributed by atoms with Gasteiger partial charge in [-0.2, -0.15) is 0 Å². The molecule has 2 atom stereocenters. The fourth-order valence-corrected chi connectivity index (χ4v) is 3.00. The maximum Gasteiger partial charge on any atom is 0.329 e. The minimum atomic E-state index is -1.03. The third-order valence-corrected chi connectivity index (χ3v) is 4.75. The highest BCUT2D eigenvalue weighted by Gasteiger charge is 2.29. The molecule has 0 aliphatic rings. The van der Waals surface area contributed by atoms with Gasteiger partial charge in [-0.05, 0) is 55.7 Å². The number of hydrogen-bond donors (Lipinski definition) is 2. The zero-order valence-electron chi connectivity index (χ0n) is 18.4. The molecule has 0 aromatic heterocycles. The number of anilines is 1. The molecular formula is C24H28N2O5. The SMILES string of the molecule is CC(=O)Nc1ccc(C(=O)[C@@H](C)OC(=O)[C@@H](NC(=O)c2ccccc2C)C(C)C)cc1. The Labute approximate surface area is 182 Å². The van der Waals surface area contributed by atoms with Crippen LogP contribution in [0, 0.1) is 12.8 Å². The van der Waals surface area contributed by atoms with Gasteiger partial charge in [0.05, 0.1) is 0 Å². The summed E-state index contributed by atoms with van der Waals surface area (Å²) in [6, 6.07) is 12.5. The largest absolute Gasteiger partial charge is 0.453 e. The van der Waals surface area contributed by atoms with Crippen LogP contribution in [-0.4, -0.2) is 35.7 Å². The van der Waals surface area contributed by atoms with Crippen LogP contribution in [0.4, 0.5) is 5.69 Å². The molecule has 2 N–H and O–H groups in total. The number of nitrogens with one attached hydrogen (secondary N) is 2. The van der Waals surface area contributed by atoms with Gasteiger partial charge in [-0.1, -0.05) is 32.0 Å². The fraction of sp³-hybridized carbons (Fsp3) is 0.333. The van der Waals surface area contributed by atoms with Crippen LogP contribution in [0.5, 0.6) is 0 Å². The highest BCUT2D eigenvalue weighted by atomic mass is 16.5. The zero-order valence-corrected chi connectivity index (χ0v) is 18.4. The number of esters is 1. The Balaban J connectivity index is 2.05. The Morgan fingerprint density at radius 2 is 1.52 bits per heavy atom. The van der Waals surface area contributed by atoms with Crippen molar-refractivity contribution in [2.75, 3.05) is 5.32 Å². The lowest BCUT2D eigenvalue weighted by Crippen LogP contribution is -2.46. The van der Waals surface area contributed by atoms with Gasteiger partial charge in [0.15, 0.2) is 6.10 Å². The van der Waals surface area contributed by atoms with Crippen LogP contribution in [0.15, 0.2) is 48.5 Å². The van der Waals surface area contributed by atoms with Crippen molar-refractivity contribution in [3.8, 4) is 0 Å². The van der Waals surface area contributed by atoms with Crippen molar-refractivity contribution in [3.63, 3.8) is 0 Å². The lowest BCUT2D eigenvalue weighted by molar-refractivity contribution is -0.149. The quantitative estimate of drug-likeness (QED) is 0.499. The second-order valence-electron chi connectivity index (χ2n) is 7.71. The Morgan fingerprint density at radius 1 is 0.903 bits per heavy atom. The average Bonchev–Trinajstić information content (AvgIpc) is 2.71. The lowest BCUT2D eigenvalue weighted by Gasteiger charge is -2.23. The number of benzene rings is 2. The predicted molar refractivity (Wildman–Crippen MR) is 118 cm³/mol. The van der Waals surface area contributed by atoms with E-state index in [-0.39, 0.29) is 23.5 Å². The van der Waals surface area contributed by atoms with E-state index in [4.69, 9.17) is 4.74 Å². The number of rotatable bonds is 8. The van der Waals surface area contributed by atoms with Crippen molar-refractivity contribution in [3.05, 3.63) is 65.2 Å². The number of amides is 2. The molecule has 164 valence electrons. The van der Waals surface area contributed by atoms with Gasteiger partial charge in [-0.3, -0.25) is 14.4 Å². The summed E-state index contributed by atoms with van der Waals surface area (Å²) in [7, 11) is 0. The molecule has 2 rings (SSSR count). The molecule has 0 aliphatic carbocycles. The molecule has 2 aromatic carbocycles. The predicted octanol–water partition coefficient (Wildman–Crippen LogP) is 3.52. The first-order valence-electron chi connectivity index (χ1n) is 10.1. The van der Waals surface area contributed by atoms with Crippen LogP contribution in [-0.2, 0) is 14.3 Å². The van der Waals surface area contributed by atoms with Crippen LogP contribution in [0.25, 0.3) is 0 Å². The van der Waals surface area contributed by atoms with Gasteiger partial charge in [-0.25, -0.2) is 4.79 Å². The summed E-state index contributed by atoms with van der Waals surface area (Å²) in [5.41, 5.74) is 2.18. The van der Waals surface area contributed by atoms with Crippen LogP contribution in [0.2, 0.25) is 0 Å². The van der Waals surface area contributed by atoms with Gasteiger partial charge in [-0.15, -0.1) is 0 Å². The second kappa shape index (κ2) is 10.5. The van der Waals surface area contributed by atoms with E-state index in [2.05, 4.69) is 10.6 Å². The van der Waals surface area contributed by atoms with Gasteiger partial charge < -0.3 is 15.4 Å². The van der Waals surface area contributed by atoms with E-state index in [0.717, 1.165) is 5.56 Å². The normalized spacial score (nSPS) is 12.6. The standard InChI is InChI=1S/C24H28N2O5/c1-14(2)21(26-23(29)20-9-7-6-8-15(20)3)24(30)31-16(4)22(28)18-10-12-19(13-11-18)25-17(5)27/h6-14,16,21H,1-5H3,(H,25,27)(H,26,29)/t16-,21+/m1/s1. The summed E-state index contributed by atoms with van der Waals surface area (Å²) in [4.78, 5) is 49.1. The molecule has 0 spiro atoms. The molecule has 31 heavy (non-hydrogen) atoms. The summed E-state index contributed by atoms with van der Waals surface area (Å²) in [5.74, 6) is -1.88. The van der Waals surface area contributed by atoms with Crippen molar-refractivity contribution in [1.29, 1.82) is 0 Å². The topological polar surface area (TPSA) is 102 Å². The zero-order chi connectivity index (χ0) is 23.1. The van der Waals surface area contributed by atoms with Gasteiger partial charge in [0.25, 0.3) is 5.91 Å². The van der Waals surface area contributed by atoms with Gasteiger partial charge >= 0.3 is 5.97 Å². The third-order valence-electron chi connectivity index (χ3n) is 4.75. The third kappa shape index (κ3) is 6.50. The van der Waals surface area contributed by atoms with E-state index >= 15 is 0 Å². The van der Waals surface area contributed by atoms with Crippen LogP contribution in [0.1, 0.15) is 54.0 Å². The van der Waals surface area contributed by atoms with Gasteiger partial charge in [0, 0.05) is 23.7 Å². The molecule has 0 unspecified atom stereocenters. The first kappa shape index (κ1) is 23.8. The first-order valence-corrected chi connectivity index (χ1v) is 10.1. The van der Waals surface area contributed by atoms with Gasteiger partial charge in [0.2, 0.25) is 11.7 Å². The molecule has 0 saturated carbocycles. The van der Waals surface area contributed by atoms with E-state index in [1.165, 1.54) is 13.8 Å². The van der Waals surface area contributed by atoms with Gasteiger partial charge in [0.1, 0.15) is 6.04 Å². The Hall–Kier alpha value is -3.48. The van der Waals surface area contributed by atoms with E-state index < -0.39 is 18.1 Å². The molecule has 0 heterocycles. The minimum absolute atomic E-state index is 0.214. The van der Waals surface area contributed by atoms with E-state index in [0.29, 0.717) is 16.8 Å². The molecule has 7 nitrogen and oxygen atoms in total. The Morgan fingerprint density at radius 3 is 2.06 bits per heavy atom. The molecule has 0 saturated heterocycles. The minimum Gasteiger partial charge on any atom is -0.453 e. The second-order valence-corrected chi connectivity index (χ2v) is 7.71. The number of carbonyl (C=O) groups excluding carboxylic acids is 4. The maximum atomic E-state index is 12.7. The number of Topliss-reactive ketones (excluding diaryl/α,β-unsaturated/α-hetero) is 1. The lowest BCUT2D eigenvalue weighted by atomic mass is 10.0. The summed E-state index contributed by atoms with van der Waals surface area (Å²) in [6.45, 7) is 8.27. The molecular weight excluding hydrogens is 396 g/mol. The van der Waals surface area contributed by atoms with Crippen molar-refractivity contribution in [2.45, 2.75) is 46.8 Å². The molecule has 0 bridgehead atoms. The summed E-state index contributed by atoms with van der Waals surface area (Å²) in [6.07, 6.45) is -1.03. The maximum absolute atomic E-state index is 12.7. The molecule has 0 radical (unpaired) electrons. The molecule has 2 amide bonds. The summed E-state index contributed by atoms with van der Waals surface area (Å²) < 4.78 is 5.38. The fourth-order valence-electron chi connectivity index (χ4n) is 3.00. The number of hydrogen-bond acceptors (Lipinski definition) is 5. The van der Waals surface area contributed by atoms with Crippen LogP contribution < -0.4 is 10.6 Å². The van der Waals surface area contributed by atoms with Crippen molar-refractivity contribution >= 4 is 29.3 Å². The summed E-state index contributed by atoms with van der Waals surface area (Å²) >= 11 is 0. The smallest absolute Gasteiger partial charge is 0.329 e. The van der Waals surface area contributed by atoms with Crippen molar-refractivity contribution in [1.82, 2.24) is 5.32 Å². The number of carbonyl (C=O) groups is 4. The molecule has 7 heteroatoms. The number of ketones is 1. The van der Waals surface area contributed by atoms with E-state index in [9.17, 15) is 19.2 Å². The van der Waals surface area contributed by atoms with E-state index in [1.54, 1.807) is 50.2 Å². The number of aryl methyl sites for hydroxylation is 1. The molecule has 2 aromatic rings. The van der Waals surface area contributed by atoms with Crippen LogP contribution >= 0.6 is 0 Å².